The van der Waals surface area contributed by atoms with Gasteiger partial charge in [0.25, 0.3) is 5.91 Å². The summed E-state index contributed by atoms with van der Waals surface area (Å²) in [6, 6.07) is 13.9. The molecule has 1 aromatic heterocycles. The zero-order valence-corrected chi connectivity index (χ0v) is 15.3. The number of halogens is 1. The number of rotatable bonds is 7. The summed E-state index contributed by atoms with van der Waals surface area (Å²) in [5.41, 5.74) is 2.82. The molecule has 5 heteroatoms. The number of nitrogens with zero attached hydrogens (tertiary/aromatic N) is 3. The van der Waals surface area contributed by atoms with Crippen molar-refractivity contribution in [2.24, 2.45) is 0 Å². The number of carbonyl (C=O) groups is 1. The number of hydrogen-bond acceptors (Lipinski definition) is 2. The fourth-order valence-corrected chi connectivity index (χ4v) is 2.85. The van der Waals surface area contributed by atoms with Crippen molar-refractivity contribution < 1.29 is 9.18 Å². The first-order chi connectivity index (χ1) is 13.1. The molecule has 0 bridgehead atoms. The zero-order chi connectivity index (χ0) is 19.2. The van der Waals surface area contributed by atoms with Crippen LogP contribution in [0.2, 0.25) is 0 Å². The summed E-state index contributed by atoms with van der Waals surface area (Å²) in [5.74, 6) is 0.239. The largest absolute Gasteiger partial charge is 0.329 e. The monoisotopic (exact) mass is 363 g/mol. The Morgan fingerprint density at radius 3 is 2.56 bits per heavy atom. The summed E-state index contributed by atoms with van der Waals surface area (Å²) in [7, 11) is 0. The Morgan fingerprint density at radius 1 is 1.19 bits per heavy atom. The van der Waals surface area contributed by atoms with Crippen molar-refractivity contribution >= 4 is 5.91 Å². The summed E-state index contributed by atoms with van der Waals surface area (Å²) >= 11 is 0. The topological polar surface area (TPSA) is 38.1 Å². The molecule has 0 aliphatic carbocycles. The zero-order valence-electron chi connectivity index (χ0n) is 15.3. The van der Waals surface area contributed by atoms with Crippen LogP contribution in [0.5, 0.6) is 0 Å². The fraction of sp³-hybridized carbons (Fsp3) is 0.182. The molecule has 0 atom stereocenters. The highest BCUT2D eigenvalue weighted by Crippen LogP contribution is 2.13. The molecule has 2 aromatic carbocycles. The van der Waals surface area contributed by atoms with Crippen LogP contribution in [0.15, 0.2) is 73.6 Å². The highest BCUT2D eigenvalue weighted by atomic mass is 19.1. The van der Waals surface area contributed by atoms with Gasteiger partial charge in [0.2, 0.25) is 0 Å². The Kier molecular flexibility index (Phi) is 5.81. The SMILES string of the molecule is C=CCN(Cc1nccn1Cc1ccc(C)cc1)C(=O)c1ccc(F)cc1. The molecule has 0 N–H and O–H groups in total. The normalized spacial score (nSPS) is 10.6. The number of aryl methyl sites for hydroxylation is 1. The lowest BCUT2D eigenvalue weighted by Gasteiger charge is -2.21. The van der Waals surface area contributed by atoms with Crippen LogP contribution >= 0.6 is 0 Å². The summed E-state index contributed by atoms with van der Waals surface area (Å²) in [4.78, 5) is 18.9. The minimum absolute atomic E-state index is 0.181. The second kappa shape index (κ2) is 8.45. The van der Waals surface area contributed by atoms with Gasteiger partial charge in [0, 0.05) is 31.0 Å². The molecule has 0 unspecified atom stereocenters. The van der Waals surface area contributed by atoms with Crippen molar-refractivity contribution in [3.8, 4) is 0 Å². The van der Waals surface area contributed by atoms with E-state index in [2.05, 4.69) is 42.8 Å². The standard InChI is InChI=1S/C22H22FN3O/c1-3-13-26(22(27)19-8-10-20(23)11-9-19)16-21-24-12-14-25(21)15-18-6-4-17(2)5-7-18/h3-12,14H,1,13,15-16H2,2H3. The van der Waals surface area contributed by atoms with E-state index in [0.29, 0.717) is 25.2 Å². The third kappa shape index (κ3) is 4.70. The van der Waals surface area contributed by atoms with Crippen molar-refractivity contribution in [1.82, 2.24) is 14.5 Å². The summed E-state index contributed by atoms with van der Waals surface area (Å²) in [6.07, 6.45) is 5.32. The number of hydrogen-bond donors (Lipinski definition) is 0. The smallest absolute Gasteiger partial charge is 0.254 e. The molecule has 138 valence electrons. The van der Waals surface area contributed by atoms with Crippen LogP contribution in [-0.4, -0.2) is 26.9 Å². The van der Waals surface area contributed by atoms with Gasteiger partial charge in [0.1, 0.15) is 11.6 Å². The molecule has 0 aliphatic heterocycles. The van der Waals surface area contributed by atoms with E-state index in [1.807, 2.05) is 10.8 Å². The van der Waals surface area contributed by atoms with Gasteiger partial charge in [-0.1, -0.05) is 35.9 Å². The molecule has 27 heavy (non-hydrogen) atoms. The van der Waals surface area contributed by atoms with Crippen LogP contribution < -0.4 is 0 Å². The molecule has 4 nitrogen and oxygen atoms in total. The molecular formula is C22H22FN3O. The van der Waals surface area contributed by atoms with Gasteiger partial charge < -0.3 is 9.47 Å². The van der Waals surface area contributed by atoms with E-state index >= 15 is 0 Å². The average molecular weight is 363 g/mol. The third-order valence-electron chi connectivity index (χ3n) is 4.34. The third-order valence-corrected chi connectivity index (χ3v) is 4.34. The number of imidazole rings is 1. The lowest BCUT2D eigenvalue weighted by Crippen LogP contribution is -2.32. The molecule has 0 saturated heterocycles. The molecule has 0 spiro atoms. The van der Waals surface area contributed by atoms with E-state index in [0.717, 1.165) is 5.82 Å². The maximum absolute atomic E-state index is 13.1. The fourth-order valence-electron chi connectivity index (χ4n) is 2.85. The van der Waals surface area contributed by atoms with Crippen molar-refractivity contribution in [3.63, 3.8) is 0 Å². The molecule has 3 rings (SSSR count). The van der Waals surface area contributed by atoms with E-state index in [9.17, 15) is 9.18 Å². The van der Waals surface area contributed by atoms with Gasteiger partial charge in [-0.2, -0.15) is 0 Å². The first-order valence-electron chi connectivity index (χ1n) is 8.78. The van der Waals surface area contributed by atoms with Crippen molar-refractivity contribution in [2.45, 2.75) is 20.0 Å². The van der Waals surface area contributed by atoms with E-state index in [4.69, 9.17) is 0 Å². The summed E-state index contributed by atoms with van der Waals surface area (Å²) in [6.45, 7) is 7.21. The van der Waals surface area contributed by atoms with Crippen LogP contribution in [-0.2, 0) is 13.1 Å². The Labute approximate surface area is 158 Å². The van der Waals surface area contributed by atoms with Gasteiger partial charge in [-0.3, -0.25) is 4.79 Å². The minimum atomic E-state index is -0.365. The van der Waals surface area contributed by atoms with Crippen LogP contribution in [0.25, 0.3) is 0 Å². The summed E-state index contributed by atoms with van der Waals surface area (Å²) < 4.78 is 15.2. The van der Waals surface area contributed by atoms with E-state index in [-0.39, 0.29) is 11.7 Å². The molecule has 0 fully saturated rings. The molecular weight excluding hydrogens is 341 g/mol. The van der Waals surface area contributed by atoms with Gasteiger partial charge in [-0.05, 0) is 36.8 Å². The van der Waals surface area contributed by atoms with Crippen LogP contribution in [0.3, 0.4) is 0 Å². The highest BCUT2D eigenvalue weighted by Gasteiger charge is 2.17. The van der Waals surface area contributed by atoms with Crippen molar-refractivity contribution in [1.29, 1.82) is 0 Å². The molecule has 3 aromatic rings. The highest BCUT2D eigenvalue weighted by molar-refractivity contribution is 5.94. The van der Waals surface area contributed by atoms with E-state index in [1.165, 1.54) is 35.4 Å². The second-order valence-corrected chi connectivity index (χ2v) is 6.44. The van der Waals surface area contributed by atoms with E-state index < -0.39 is 0 Å². The number of carbonyl (C=O) groups excluding carboxylic acids is 1. The Hall–Kier alpha value is -3.21. The Balaban J connectivity index is 1.78. The van der Waals surface area contributed by atoms with Gasteiger partial charge in [0.15, 0.2) is 0 Å². The molecule has 0 radical (unpaired) electrons. The van der Waals surface area contributed by atoms with Crippen molar-refractivity contribution in [3.05, 3.63) is 102 Å². The number of aromatic nitrogens is 2. The molecule has 0 saturated carbocycles. The number of amides is 1. The Bertz CT molecular complexity index is 913. The Morgan fingerprint density at radius 2 is 1.89 bits per heavy atom. The van der Waals surface area contributed by atoms with Crippen LogP contribution in [0.1, 0.15) is 27.3 Å². The maximum Gasteiger partial charge on any atom is 0.254 e. The van der Waals surface area contributed by atoms with Gasteiger partial charge >= 0.3 is 0 Å². The average Bonchev–Trinajstić information content (AvgIpc) is 3.10. The quantitative estimate of drug-likeness (QED) is 0.590. The van der Waals surface area contributed by atoms with Gasteiger partial charge in [-0.15, -0.1) is 6.58 Å². The summed E-state index contributed by atoms with van der Waals surface area (Å²) in [5, 5.41) is 0. The van der Waals surface area contributed by atoms with Gasteiger partial charge in [0.05, 0.1) is 6.54 Å². The first-order valence-corrected chi connectivity index (χ1v) is 8.78. The molecule has 1 heterocycles. The predicted octanol–water partition coefficient (Wildman–Crippen LogP) is 4.21. The van der Waals surface area contributed by atoms with Crippen LogP contribution in [0.4, 0.5) is 4.39 Å². The van der Waals surface area contributed by atoms with Gasteiger partial charge in [-0.25, -0.2) is 9.37 Å². The number of benzene rings is 2. The predicted molar refractivity (Wildman–Crippen MR) is 104 cm³/mol. The van der Waals surface area contributed by atoms with Crippen molar-refractivity contribution in [2.75, 3.05) is 6.54 Å². The maximum atomic E-state index is 13.1. The lowest BCUT2D eigenvalue weighted by atomic mass is 10.1. The second-order valence-electron chi connectivity index (χ2n) is 6.44. The van der Waals surface area contributed by atoms with E-state index in [1.54, 1.807) is 17.2 Å². The minimum Gasteiger partial charge on any atom is -0.329 e. The molecule has 1 amide bonds. The first kappa shape index (κ1) is 18.6. The molecule has 0 aliphatic rings. The lowest BCUT2D eigenvalue weighted by molar-refractivity contribution is 0.0757. The van der Waals surface area contributed by atoms with Crippen LogP contribution in [0, 0.1) is 12.7 Å².